The number of imidazole rings is 2. The number of benzene rings is 4. The van der Waals surface area contributed by atoms with Gasteiger partial charge in [-0.25, -0.2) is 9.97 Å². The Kier molecular flexibility index (Phi) is 8.84. The summed E-state index contributed by atoms with van der Waals surface area (Å²) >= 11 is 0. The van der Waals surface area contributed by atoms with Gasteiger partial charge in [0.05, 0.1) is 35.4 Å². The van der Waals surface area contributed by atoms with Crippen molar-refractivity contribution in [3.63, 3.8) is 0 Å². The zero-order chi connectivity index (χ0) is 31.5. The molecule has 0 radical (unpaired) electrons. The lowest BCUT2D eigenvalue weighted by Crippen LogP contribution is -2.05. The van der Waals surface area contributed by atoms with Crippen molar-refractivity contribution in [1.29, 1.82) is 0 Å². The SMILES string of the molecule is CCc1cccc(CC)c1-n1cnc(-c2cccc(Cc3cccc(-c4cn(-c5c(C(C)C)cccc5C(C)C)cn4)c3)c2)c1. The molecular formula is C41H44N4. The molecule has 4 aromatic carbocycles. The van der Waals surface area contributed by atoms with Crippen LogP contribution in [0.3, 0.4) is 0 Å². The summed E-state index contributed by atoms with van der Waals surface area (Å²) in [6, 6.07) is 30.9. The molecule has 0 aliphatic heterocycles. The summed E-state index contributed by atoms with van der Waals surface area (Å²) in [5, 5.41) is 0. The van der Waals surface area contributed by atoms with Crippen molar-refractivity contribution in [2.24, 2.45) is 0 Å². The van der Waals surface area contributed by atoms with E-state index in [0.717, 1.165) is 41.8 Å². The van der Waals surface area contributed by atoms with E-state index in [1.807, 2.05) is 12.7 Å². The highest BCUT2D eigenvalue weighted by molar-refractivity contribution is 5.63. The van der Waals surface area contributed by atoms with Crippen LogP contribution in [0.15, 0.2) is 110 Å². The highest BCUT2D eigenvalue weighted by atomic mass is 15.0. The van der Waals surface area contributed by atoms with Gasteiger partial charge < -0.3 is 9.13 Å². The van der Waals surface area contributed by atoms with Gasteiger partial charge in [-0.2, -0.15) is 0 Å². The number of hydrogen-bond donors (Lipinski definition) is 0. The van der Waals surface area contributed by atoms with Gasteiger partial charge in [-0.3, -0.25) is 0 Å². The molecule has 228 valence electrons. The van der Waals surface area contributed by atoms with E-state index in [2.05, 4.69) is 148 Å². The molecule has 0 aliphatic rings. The van der Waals surface area contributed by atoms with Crippen LogP contribution in [0, 0.1) is 0 Å². The lowest BCUT2D eigenvalue weighted by molar-refractivity contribution is 0.805. The molecule has 0 amide bonds. The first-order chi connectivity index (χ1) is 21.9. The van der Waals surface area contributed by atoms with Crippen LogP contribution in [-0.2, 0) is 19.3 Å². The second-order valence-electron chi connectivity index (χ2n) is 12.6. The number of aryl methyl sites for hydroxylation is 2. The maximum absolute atomic E-state index is 4.87. The van der Waals surface area contributed by atoms with E-state index in [4.69, 9.17) is 9.97 Å². The molecule has 6 aromatic rings. The van der Waals surface area contributed by atoms with Gasteiger partial charge >= 0.3 is 0 Å². The molecule has 0 aliphatic carbocycles. The van der Waals surface area contributed by atoms with Gasteiger partial charge in [-0.1, -0.05) is 114 Å². The molecule has 0 fully saturated rings. The Morgan fingerprint density at radius 2 is 1.00 bits per heavy atom. The molecular weight excluding hydrogens is 548 g/mol. The average Bonchev–Trinajstić information content (AvgIpc) is 3.75. The quantitative estimate of drug-likeness (QED) is 0.159. The van der Waals surface area contributed by atoms with Crippen molar-refractivity contribution >= 4 is 0 Å². The molecule has 45 heavy (non-hydrogen) atoms. The molecule has 0 spiro atoms. The van der Waals surface area contributed by atoms with Gasteiger partial charge in [0, 0.05) is 23.5 Å². The zero-order valence-electron chi connectivity index (χ0n) is 27.5. The van der Waals surface area contributed by atoms with Crippen molar-refractivity contribution in [1.82, 2.24) is 19.1 Å². The molecule has 0 atom stereocenters. The Hall–Kier alpha value is -4.70. The molecule has 4 heteroatoms. The van der Waals surface area contributed by atoms with Gasteiger partial charge in [0.1, 0.15) is 0 Å². The first-order valence-corrected chi connectivity index (χ1v) is 16.4. The van der Waals surface area contributed by atoms with E-state index in [1.165, 1.54) is 44.8 Å². The van der Waals surface area contributed by atoms with E-state index in [9.17, 15) is 0 Å². The lowest BCUT2D eigenvalue weighted by Gasteiger charge is -2.20. The highest BCUT2D eigenvalue weighted by Gasteiger charge is 2.17. The van der Waals surface area contributed by atoms with Gasteiger partial charge in [0.15, 0.2) is 0 Å². The predicted octanol–water partition coefficient (Wildman–Crippen LogP) is 10.4. The van der Waals surface area contributed by atoms with Crippen molar-refractivity contribution in [2.75, 3.05) is 0 Å². The van der Waals surface area contributed by atoms with E-state index in [-0.39, 0.29) is 0 Å². The summed E-state index contributed by atoms with van der Waals surface area (Å²) in [6.07, 6.45) is 11.1. The van der Waals surface area contributed by atoms with Crippen LogP contribution >= 0.6 is 0 Å². The fraction of sp³-hybridized carbons (Fsp3) is 0.268. The van der Waals surface area contributed by atoms with Gasteiger partial charge in [0.25, 0.3) is 0 Å². The average molecular weight is 593 g/mol. The normalized spacial score (nSPS) is 11.6. The van der Waals surface area contributed by atoms with E-state index in [1.54, 1.807) is 0 Å². The predicted molar refractivity (Wildman–Crippen MR) is 188 cm³/mol. The second-order valence-corrected chi connectivity index (χ2v) is 12.6. The Morgan fingerprint density at radius 1 is 0.556 bits per heavy atom. The van der Waals surface area contributed by atoms with Crippen molar-refractivity contribution in [3.8, 4) is 33.9 Å². The number of rotatable bonds is 10. The van der Waals surface area contributed by atoms with Crippen LogP contribution in [0.4, 0.5) is 0 Å². The number of para-hydroxylation sites is 2. The largest absolute Gasteiger partial charge is 0.305 e. The molecule has 0 saturated heterocycles. The number of hydrogen-bond acceptors (Lipinski definition) is 2. The molecule has 2 heterocycles. The van der Waals surface area contributed by atoms with Crippen molar-refractivity contribution in [2.45, 2.75) is 72.6 Å². The van der Waals surface area contributed by atoms with E-state index < -0.39 is 0 Å². The topological polar surface area (TPSA) is 35.6 Å². The molecule has 0 N–H and O–H groups in total. The minimum absolute atomic E-state index is 0.429. The third-order valence-electron chi connectivity index (χ3n) is 8.84. The van der Waals surface area contributed by atoms with Crippen LogP contribution in [0.2, 0.25) is 0 Å². The van der Waals surface area contributed by atoms with Crippen molar-refractivity contribution < 1.29 is 0 Å². The first kappa shape index (κ1) is 30.3. The van der Waals surface area contributed by atoms with Crippen LogP contribution in [0.5, 0.6) is 0 Å². The highest BCUT2D eigenvalue weighted by Crippen LogP contribution is 2.32. The third kappa shape index (κ3) is 6.28. The summed E-state index contributed by atoms with van der Waals surface area (Å²) < 4.78 is 4.42. The molecule has 4 nitrogen and oxygen atoms in total. The van der Waals surface area contributed by atoms with Crippen LogP contribution in [0.1, 0.15) is 86.8 Å². The summed E-state index contributed by atoms with van der Waals surface area (Å²) in [5.41, 5.74) is 14.7. The molecule has 0 saturated carbocycles. The fourth-order valence-electron chi connectivity index (χ4n) is 6.46. The maximum atomic E-state index is 4.87. The number of aromatic nitrogens is 4. The summed E-state index contributed by atoms with van der Waals surface area (Å²) in [5.74, 6) is 0.858. The summed E-state index contributed by atoms with van der Waals surface area (Å²) in [4.78, 5) is 9.70. The van der Waals surface area contributed by atoms with E-state index in [0.29, 0.717) is 11.8 Å². The Morgan fingerprint density at radius 3 is 1.47 bits per heavy atom. The van der Waals surface area contributed by atoms with Crippen molar-refractivity contribution in [3.05, 3.63) is 143 Å². The molecule has 2 aromatic heterocycles. The Bertz CT molecular complexity index is 1870. The van der Waals surface area contributed by atoms with Crippen LogP contribution in [0.25, 0.3) is 33.9 Å². The van der Waals surface area contributed by atoms with Gasteiger partial charge in [-0.05, 0) is 76.6 Å². The smallest absolute Gasteiger partial charge is 0.0999 e. The van der Waals surface area contributed by atoms with Gasteiger partial charge in [0.2, 0.25) is 0 Å². The maximum Gasteiger partial charge on any atom is 0.0999 e. The summed E-state index contributed by atoms with van der Waals surface area (Å²) in [6.45, 7) is 13.5. The monoisotopic (exact) mass is 592 g/mol. The minimum atomic E-state index is 0.429. The summed E-state index contributed by atoms with van der Waals surface area (Å²) in [7, 11) is 0. The fourth-order valence-corrected chi connectivity index (χ4v) is 6.46. The van der Waals surface area contributed by atoms with Gasteiger partial charge in [-0.15, -0.1) is 0 Å². The van der Waals surface area contributed by atoms with Crippen LogP contribution in [-0.4, -0.2) is 19.1 Å². The molecule has 6 rings (SSSR count). The minimum Gasteiger partial charge on any atom is -0.305 e. The Labute approximate surface area is 268 Å². The molecule has 0 bridgehead atoms. The zero-order valence-corrected chi connectivity index (χ0v) is 27.5. The molecule has 0 unspecified atom stereocenters. The Balaban J connectivity index is 1.26. The lowest BCUT2D eigenvalue weighted by atomic mass is 9.92. The second kappa shape index (κ2) is 13.1. The first-order valence-electron chi connectivity index (χ1n) is 16.4. The standard InChI is InChI=1S/C41H44N4/c1-7-32-15-11-16-33(8-2)40(32)44-24-38(42-26-44)34-17-9-13-30(22-34)21-31-14-10-18-35(23-31)39-25-45(27-43-39)41-36(28(3)4)19-12-20-37(41)29(5)6/h9-20,22-29H,7-8,21H2,1-6H3. The third-order valence-corrected chi connectivity index (χ3v) is 8.84. The van der Waals surface area contributed by atoms with Crippen LogP contribution < -0.4 is 0 Å². The van der Waals surface area contributed by atoms with E-state index >= 15 is 0 Å². The number of nitrogens with zero attached hydrogens (tertiary/aromatic N) is 4.